The van der Waals surface area contributed by atoms with Gasteiger partial charge in [0.05, 0.1) is 0 Å². The number of benzene rings is 1. The van der Waals surface area contributed by atoms with Crippen molar-refractivity contribution in [3.8, 4) is 11.5 Å². The van der Waals surface area contributed by atoms with Crippen LogP contribution in [0.15, 0.2) is 24.4 Å². The molecule has 2 aromatic rings. The third kappa shape index (κ3) is 2.43. The SMILES string of the molecule is CC(C)CCNc1nccc2cc3c(cc12)OCO3. The molecular weight excluding hydrogens is 240 g/mol. The van der Waals surface area contributed by atoms with Crippen LogP contribution in [-0.2, 0) is 0 Å². The predicted molar refractivity (Wildman–Crippen MR) is 75.8 cm³/mol. The molecule has 0 saturated heterocycles. The number of nitrogens with zero attached hydrogens (tertiary/aromatic N) is 1. The fourth-order valence-electron chi connectivity index (χ4n) is 2.18. The van der Waals surface area contributed by atoms with Crippen molar-refractivity contribution >= 4 is 16.6 Å². The molecule has 0 saturated carbocycles. The molecule has 1 aromatic heterocycles. The van der Waals surface area contributed by atoms with Crippen LogP contribution in [0.2, 0.25) is 0 Å². The average molecular weight is 258 g/mol. The fourth-order valence-corrected chi connectivity index (χ4v) is 2.18. The van der Waals surface area contributed by atoms with Crippen molar-refractivity contribution in [3.63, 3.8) is 0 Å². The third-order valence-electron chi connectivity index (χ3n) is 3.27. The molecule has 1 aromatic carbocycles. The smallest absolute Gasteiger partial charge is 0.231 e. The lowest BCUT2D eigenvalue weighted by molar-refractivity contribution is 0.174. The number of ether oxygens (including phenoxy) is 2. The van der Waals surface area contributed by atoms with E-state index in [0.29, 0.717) is 12.7 Å². The molecule has 1 N–H and O–H groups in total. The summed E-state index contributed by atoms with van der Waals surface area (Å²) < 4.78 is 10.8. The maximum Gasteiger partial charge on any atom is 0.231 e. The van der Waals surface area contributed by atoms with Crippen molar-refractivity contribution in [3.05, 3.63) is 24.4 Å². The van der Waals surface area contributed by atoms with Crippen LogP contribution in [0.5, 0.6) is 11.5 Å². The maximum absolute atomic E-state index is 5.43. The summed E-state index contributed by atoms with van der Waals surface area (Å²) in [5, 5.41) is 5.60. The van der Waals surface area contributed by atoms with E-state index in [1.807, 2.05) is 24.4 Å². The van der Waals surface area contributed by atoms with E-state index < -0.39 is 0 Å². The van der Waals surface area contributed by atoms with Crippen LogP contribution < -0.4 is 14.8 Å². The van der Waals surface area contributed by atoms with Crippen LogP contribution in [-0.4, -0.2) is 18.3 Å². The van der Waals surface area contributed by atoms with Crippen LogP contribution >= 0.6 is 0 Å². The lowest BCUT2D eigenvalue weighted by Crippen LogP contribution is -2.06. The highest BCUT2D eigenvalue weighted by molar-refractivity contribution is 5.94. The van der Waals surface area contributed by atoms with Crippen LogP contribution in [0.4, 0.5) is 5.82 Å². The predicted octanol–water partition coefficient (Wildman–Crippen LogP) is 3.42. The van der Waals surface area contributed by atoms with Gasteiger partial charge in [0, 0.05) is 18.1 Å². The number of aromatic nitrogens is 1. The molecule has 1 aliphatic rings. The average Bonchev–Trinajstić information content (AvgIpc) is 2.83. The van der Waals surface area contributed by atoms with Gasteiger partial charge in [-0.05, 0) is 35.9 Å². The number of nitrogens with one attached hydrogen (secondary N) is 1. The van der Waals surface area contributed by atoms with Crippen molar-refractivity contribution in [2.75, 3.05) is 18.7 Å². The molecular formula is C15H18N2O2. The molecule has 0 unspecified atom stereocenters. The molecule has 0 spiro atoms. The fraction of sp³-hybridized carbons (Fsp3) is 0.400. The standard InChI is InChI=1S/C15H18N2O2/c1-10(2)3-5-16-15-12-8-14-13(18-9-19-14)7-11(12)4-6-17-15/h4,6-8,10H,3,5,9H2,1-2H3,(H,16,17). The molecule has 0 bridgehead atoms. The van der Waals surface area contributed by atoms with Crippen LogP contribution in [0, 0.1) is 5.92 Å². The van der Waals surface area contributed by atoms with Gasteiger partial charge in [0.25, 0.3) is 0 Å². The lowest BCUT2D eigenvalue weighted by Gasteiger charge is -2.10. The molecule has 19 heavy (non-hydrogen) atoms. The highest BCUT2D eigenvalue weighted by atomic mass is 16.7. The number of rotatable bonds is 4. The van der Waals surface area contributed by atoms with E-state index in [4.69, 9.17) is 9.47 Å². The zero-order chi connectivity index (χ0) is 13.2. The Hall–Kier alpha value is -1.97. The summed E-state index contributed by atoms with van der Waals surface area (Å²) in [5.41, 5.74) is 0. The first-order valence-corrected chi connectivity index (χ1v) is 6.66. The Morgan fingerprint density at radius 2 is 2.05 bits per heavy atom. The molecule has 0 radical (unpaired) electrons. The van der Waals surface area contributed by atoms with E-state index in [1.165, 1.54) is 0 Å². The van der Waals surface area contributed by atoms with Crippen LogP contribution in [0.1, 0.15) is 20.3 Å². The molecule has 0 amide bonds. The topological polar surface area (TPSA) is 43.4 Å². The number of fused-ring (bicyclic) bond motifs is 2. The summed E-state index contributed by atoms with van der Waals surface area (Å²) in [6.07, 6.45) is 2.95. The van der Waals surface area contributed by atoms with E-state index >= 15 is 0 Å². The Labute approximate surface area is 112 Å². The Morgan fingerprint density at radius 3 is 2.84 bits per heavy atom. The van der Waals surface area contributed by atoms with Gasteiger partial charge in [0.2, 0.25) is 6.79 Å². The number of hydrogen-bond donors (Lipinski definition) is 1. The minimum atomic E-state index is 0.301. The monoisotopic (exact) mass is 258 g/mol. The van der Waals surface area contributed by atoms with E-state index in [2.05, 4.69) is 24.1 Å². The molecule has 0 fully saturated rings. The first kappa shape index (κ1) is 12.1. The van der Waals surface area contributed by atoms with Gasteiger partial charge in [-0.2, -0.15) is 0 Å². The van der Waals surface area contributed by atoms with E-state index in [0.717, 1.165) is 41.1 Å². The molecule has 2 heterocycles. The number of hydrogen-bond acceptors (Lipinski definition) is 4. The molecule has 0 aliphatic carbocycles. The van der Waals surface area contributed by atoms with E-state index in [-0.39, 0.29) is 0 Å². The first-order valence-electron chi connectivity index (χ1n) is 6.66. The minimum absolute atomic E-state index is 0.301. The van der Waals surface area contributed by atoms with Gasteiger partial charge in [-0.25, -0.2) is 4.98 Å². The quantitative estimate of drug-likeness (QED) is 0.912. The highest BCUT2D eigenvalue weighted by Crippen LogP contribution is 2.37. The van der Waals surface area contributed by atoms with Gasteiger partial charge < -0.3 is 14.8 Å². The summed E-state index contributed by atoms with van der Waals surface area (Å²) >= 11 is 0. The van der Waals surface area contributed by atoms with Crippen LogP contribution in [0.25, 0.3) is 10.8 Å². The molecule has 0 atom stereocenters. The molecule has 1 aliphatic heterocycles. The maximum atomic E-state index is 5.43. The van der Waals surface area contributed by atoms with Crippen molar-refractivity contribution in [1.82, 2.24) is 4.98 Å². The normalized spacial score (nSPS) is 13.2. The summed E-state index contributed by atoms with van der Waals surface area (Å²) in [6, 6.07) is 6.00. The Bertz CT molecular complexity index is 596. The van der Waals surface area contributed by atoms with E-state index in [1.54, 1.807) is 0 Å². The van der Waals surface area contributed by atoms with Gasteiger partial charge in [-0.3, -0.25) is 0 Å². The summed E-state index contributed by atoms with van der Waals surface area (Å²) in [6.45, 7) is 5.67. The van der Waals surface area contributed by atoms with Crippen molar-refractivity contribution in [2.45, 2.75) is 20.3 Å². The largest absolute Gasteiger partial charge is 0.454 e. The van der Waals surface area contributed by atoms with E-state index in [9.17, 15) is 0 Å². The minimum Gasteiger partial charge on any atom is -0.454 e. The summed E-state index contributed by atoms with van der Waals surface area (Å²) in [7, 11) is 0. The molecule has 4 nitrogen and oxygen atoms in total. The number of pyridine rings is 1. The van der Waals surface area contributed by atoms with Gasteiger partial charge >= 0.3 is 0 Å². The van der Waals surface area contributed by atoms with Gasteiger partial charge in [0.15, 0.2) is 11.5 Å². The Balaban J connectivity index is 1.91. The zero-order valence-corrected chi connectivity index (χ0v) is 11.3. The Morgan fingerprint density at radius 1 is 1.26 bits per heavy atom. The molecule has 3 rings (SSSR count). The van der Waals surface area contributed by atoms with Gasteiger partial charge in [-0.1, -0.05) is 13.8 Å². The zero-order valence-electron chi connectivity index (χ0n) is 11.3. The third-order valence-corrected chi connectivity index (χ3v) is 3.27. The summed E-state index contributed by atoms with van der Waals surface area (Å²) in [5.74, 6) is 3.21. The van der Waals surface area contributed by atoms with Crippen molar-refractivity contribution < 1.29 is 9.47 Å². The van der Waals surface area contributed by atoms with Gasteiger partial charge in [0.1, 0.15) is 5.82 Å². The van der Waals surface area contributed by atoms with Crippen molar-refractivity contribution in [1.29, 1.82) is 0 Å². The molecule has 4 heteroatoms. The second-order valence-corrected chi connectivity index (χ2v) is 5.20. The second-order valence-electron chi connectivity index (χ2n) is 5.20. The van der Waals surface area contributed by atoms with Crippen LogP contribution in [0.3, 0.4) is 0 Å². The molecule has 100 valence electrons. The number of anilines is 1. The second kappa shape index (κ2) is 4.96. The van der Waals surface area contributed by atoms with Crippen molar-refractivity contribution in [2.24, 2.45) is 5.92 Å². The van der Waals surface area contributed by atoms with Gasteiger partial charge in [-0.15, -0.1) is 0 Å². The lowest BCUT2D eigenvalue weighted by atomic mass is 10.1. The highest BCUT2D eigenvalue weighted by Gasteiger charge is 2.15. The summed E-state index contributed by atoms with van der Waals surface area (Å²) in [4.78, 5) is 4.42. The first-order chi connectivity index (χ1) is 9.24. The Kier molecular flexibility index (Phi) is 3.15.